The van der Waals surface area contributed by atoms with Crippen molar-refractivity contribution in [2.45, 2.75) is 30.8 Å². The summed E-state index contributed by atoms with van der Waals surface area (Å²) in [5.74, 6) is -0.188. The number of phenolic OH excluding ortho intramolecular Hbond substituents is 2. The van der Waals surface area contributed by atoms with E-state index in [1.807, 2.05) is 0 Å². The first-order valence-corrected chi connectivity index (χ1v) is 11.7. The summed E-state index contributed by atoms with van der Waals surface area (Å²) in [6.45, 7) is 0. The average Bonchev–Trinajstić information content (AvgIpc) is 3.29. The van der Waals surface area contributed by atoms with E-state index in [0.717, 1.165) is 6.07 Å². The molecule has 0 saturated carbocycles. The Morgan fingerprint density at radius 2 is 1.68 bits per heavy atom. The first-order valence-electron chi connectivity index (χ1n) is 11.7. The lowest BCUT2D eigenvalue weighted by Gasteiger charge is -2.38. The molecule has 4 unspecified atom stereocenters. The number of anilines is 1. The zero-order chi connectivity index (χ0) is 27.1. The lowest BCUT2D eigenvalue weighted by Crippen LogP contribution is -2.35. The highest BCUT2D eigenvalue weighted by molar-refractivity contribution is 5.70. The molecule has 3 aromatic carbocycles. The van der Waals surface area contributed by atoms with Gasteiger partial charge in [0.05, 0.1) is 27.2 Å². The van der Waals surface area contributed by atoms with Gasteiger partial charge in [0, 0.05) is 41.1 Å². The molecule has 2 aliphatic rings. The van der Waals surface area contributed by atoms with Crippen molar-refractivity contribution in [3.05, 3.63) is 59.2 Å². The van der Waals surface area contributed by atoms with Crippen molar-refractivity contribution in [1.29, 1.82) is 0 Å². The van der Waals surface area contributed by atoms with Crippen LogP contribution in [0.5, 0.6) is 40.2 Å². The summed E-state index contributed by atoms with van der Waals surface area (Å²) in [6.07, 6.45) is -3.20. The van der Waals surface area contributed by atoms with Gasteiger partial charge in [-0.2, -0.15) is 0 Å². The summed E-state index contributed by atoms with van der Waals surface area (Å²) in [6, 6.07) is 10.7. The van der Waals surface area contributed by atoms with E-state index in [-0.39, 0.29) is 34.9 Å². The van der Waals surface area contributed by atoms with Gasteiger partial charge in [0.25, 0.3) is 6.29 Å². The molecule has 0 spiro atoms. The number of phenols is 2. The van der Waals surface area contributed by atoms with Gasteiger partial charge in [0.15, 0.2) is 17.6 Å². The summed E-state index contributed by atoms with van der Waals surface area (Å²) < 4.78 is 33.1. The number of ether oxygens (including phenoxy) is 6. The van der Waals surface area contributed by atoms with Crippen LogP contribution in [0.4, 0.5) is 5.69 Å². The van der Waals surface area contributed by atoms with E-state index in [4.69, 9.17) is 29.4 Å². The van der Waals surface area contributed by atoms with Crippen LogP contribution in [0.2, 0.25) is 0 Å². The molecule has 0 amide bonds. The van der Waals surface area contributed by atoms with Crippen LogP contribution in [0, 0.1) is 0 Å². The number of aromatic hydroxyl groups is 2. The SMILES string of the molecule is COC(=O)CC1Oc2ccc(C3Oc4cc(O)cc(O)c4C(c4c(N)cc(OC)cc4OC)C3O)cc2O1. The number of hydrogen-bond donors (Lipinski definition) is 4. The van der Waals surface area contributed by atoms with Crippen molar-refractivity contribution in [3.63, 3.8) is 0 Å². The zero-order valence-corrected chi connectivity index (χ0v) is 20.8. The third-order valence-corrected chi connectivity index (χ3v) is 6.61. The molecule has 11 nitrogen and oxygen atoms in total. The Kier molecular flexibility index (Phi) is 6.45. The Balaban J connectivity index is 1.59. The number of nitrogen functional groups attached to an aromatic ring is 1. The minimum Gasteiger partial charge on any atom is -0.508 e. The van der Waals surface area contributed by atoms with Crippen LogP contribution in [-0.4, -0.2) is 55.0 Å². The summed E-state index contributed by atoms with van der Waals surface area (Å²) in [7, 11) is 4.23. The number of hydrogen-bond acceptors (Lipinski definition) is 11. The first-order chi connectivity index (χ1) is 18.2. The van der Waals surface area contributed by atoms with Crippen molar-refractivity contribution in [3.8, 4) is 40.2 Å². The van der Waals surface area contributed by atoms with E-state index < -0.39 is 30.4 Å². The van der Waals surface area contributed by atoms with Gasteiger partial charge in [-0.1, -0.05) is 6.07 Å². The second kappa shape index (κ2) is 9.75. The molecule has 38 heavy (non-hydrogen) atoms. The van der Waals surface area contributed by atoms with Crippen molar-refractivity contribution in [2.75, 3.05) is 27.1 Å². The van der Waals surface area contributed by atoms with E-state index in [1.165, 1.54) is 27.4 Å². The number of benzene rings is 3. The third kappa shape index (κ3) is 4.30. The number of aliphatic hydroxyl groups excluding tert-OH is 1. The highest BCUT2D eigenvalue weighted by Crippen LogP contribution is 2.54. The average molecular weight is 526 g/mol. The number of nitrogens with two attached hydrogens (primary N) is 1. The van der Waals surface area contributed by atoms with Crippen molar-refractivity contribution < 1.29 is 48.5 Å². The molecule has 0 saturated heterocycles. The Hall–Kier alpha value is -4.51. The van der Waals surface area contributed by atoms with E-state index in [9.17, 15) is 20.1 Å². The Morgan fingerprint density at radius 1 is 0.921 bits per heavy atom. The van der Waals surface area contributed by atoms with Crippen LogP contribution in [0.3, 0.4) is 0 Å². The maximum atomic E-state index is 11.7. The Labute approximate surface area is 217 Å². The molecule has 11 heteroatoms. The fourth-order valence-corrected chi connectivity index (χ4v) is 4.88. The van der Waals surface area contributed by atoms with Gasteiger partial charge in [-0.15, -0.1) is 0 Å². The summed E-state index contributed by atoms with van der Waals surface area (Å²) in [4.78, 5) is 11.6. The molecule has 200 valence electrons. The monoisotopic (exact) mass is 525 g/mol. The highest BCUT2D eigenvalue weighted by Gasteiger charge is 2.44. The predicted octanol–water partition coefficient (Wildman–Crippen LogP) is 2.98. The normalized spacial score (nSPS) is 21.3. The van der Waals surface area contributed by atoms with E-state index in [1.54, 1.807) is 30.3 Å². The first kappa shape index (κ1) is 25.2. The zero-order valence-electron chi connectivity index (χ0n) is 20.8. The van der Waals surface area contributed by atoms with Crippen molar-refractivity contribution >= 4 is 11.7 Å². The molecule has 5 rings (SSSR count). The van der Waals surface area contributed by atoms with Crippen molar-refractivity contribution in [2.24, 2.45) is 0 Å². The summed E-state index contributed by atoms with van der Waals surface area (Å²) in [5.41, 5.74) is 7.84. The fourth-order valence-electron chi connectivity index (χ4n) is 4.88. The smallest absolute Gasteiger partial charge is 0.313 e. The minimum atomic E-state index is -1.27. The van der Waals surface area contributed by atoms with Crippen LogP contribution in [0.25, 0.3) is 0 Å². The fraction of sp³-hybridized carbons (Fsp3) is 0.296. The van der Waals surface area contributed by atoms with Crippen LogP contribution in [-0.2, 0) is 9.53 Å². The molecule has 3 aromatic rings. The van der Waals surface area contributed by atoms with E-state index >= 15 is 0 Å². The quantitative estimate of drug-likeness (QED) is 0.277. The number of aliphatic hydroxyl groups is 1. The van der Waals surface area contributed by atoms with E-state index in [2.05, 4.69) is 4.74 Å². The molecule has 0 bridgehead atoms. The van der Waals surface area contributed by atoms with Gasteiger partial charge in [0.2, 0.25) is 0 Å². The maximum Gasteiger partial charge on any atom is 0.313 e. The molecule has 0 aliphatic carbocycles. The van der Waals surface area contributed by atoms with Gasteiger partial charge in [-0.25, -0.2) is 0 Å². The van der Waals surface area contributed by atoms with Crippen LogP contribution in [0.1, 0.15) is 35.1 Å². The largest absolute Gasteiger partial charge is 0.508 e. The minimum absolute atomic E-state index is 0.104. The van der Waals surface area contributed by atoms with Crippen LogP contribution >= 0.6 is 0 Å². The predicted molar refractivity (Wildman–Crippen MR) is 133 cm³/mol. The third-order valence-electron chi connectivity index (χ3n) is 6.61. The van der Waals surface area contributed by atoms with Crippen LogP contribution in [0.15, 0.2) is 42.5 Å². The highest BCUT2D eigenvalue weighted by atomic mass is 16.7. The number of rotatable bonds is 6. The summed E-state index contributed by atoms with van der Waals surface area (Å²) in [5, 5.41) is 32.7. The molecule has 2 aliphatic heterocycles. The van der Waals surface area contributed by atoms with Crippen LogP contribution < -0.4 is 29.4 Å². The molecule has 0 aromatic heterocycles. The lowest BCUT2D eigenvalue weighted by atomic mass is 9.78. The molecule has 0 fully saturated rings. The molecular formula is C27H27NO10. The van der Waals surface area contributed by atoms with E-state index in [0.29, 0.717) is 34.1 Å². The van der Waals surface area contributed by atoms with Gasteiger partial charge < -0.3 is 49.5 Å². The van der Waals surface area contributed by atoms with Gasteiger partial charge >= 0.3 is 5.97 Å². The molecule has 0 radical (unpaired) electrons. The number of carbonyl (C=O) groups is 1. The molecule has 5 N–H and O–H groups in total. The Morgan fingerprint density at radius 3 is 2.39 bits per heavy atom. The lowest BCUT2D eigenvalue weighted by molar-refractivity contribution is -0.145. The molecular weight excluding hydrogens is 498 g/mol. The molecule has 2 heterocycles. The summed E-state index contributed by atoms with van der Waals surface area (Å²) >= 11 is 0. The van der Waals surface area contributed by atoms with Gasteiger partial charge in [-0.05, 0) is 17.7 Å². The Bertz CT molecular complexity index is 1390. The second-order valence-corrected chi connectivity index (χ2v) is 8.87. The second-order valence-electron chi connectivity index (χ2n) is 8.87. The number of methoxy groups -OCH3 is 3. The maximum absolute atomic E-state index is 11.7. The van der Waals surface area contributed by atoms with Gasteiger partial charge in [-0.3, -0.25) is 4.79 Å². The standard InChI is InChI=1S/C27H27NO10/c1-33-14-9-15(28)23(19(10-14)34-2)25-24-16(30)7-13(29)8-20(24)38-27(26(25)32)12-4-5-17-18(6-12)37-22(36-17)11-21(31)35-3/h4-10,22,25-27,29-30,32H,11,28H2,1-3H3. The van der Waals surface area contributed by atoms with Crippen molar-refractivity contribution in [1.82, 2.24) is 0 Å². The number of esters is 1. The number of fused-ring (bicyclic) bond motifs is 2. The number of carbonyl (C=O) groups excluding carboxylic acids is 1. The van der Waals surface area contributed by atoms with Gasteiger partial charge in [0.1, 0.15) is 41.3 Å². The molecule has 4 atom stereocenters. The topological polar surface area (TPSA) is 159 Å².